The van der Waals surface area contributed by atoms with Crippen LogP contribution in [0, 0.1) is 0 Å². The van der Waals surface area contributed by atoms with Gasteiger partial charge in [-0.2, -0.15) is 0 Å². The largest absolute Gasteiger partial charge is 0.384 e. The minimum absolute atomic E-state index is 0.515. The number of aromatic nitrogens is 2. The summed E-state index contributed by atoms with van der Waals surface area (Å²) in [6, 6.07) is 15.7. The van der Waals surface area contributed by atoms with Gasteiger partial charge in [0.25, 0.3) is 0 Å². The van der Waals surface area contributed by atoms with Crippen LogP contribution in [-0.4, -0.2) is 9.97 Å². The van der Waals surface area contributed by atoms with Crippen LogP contribution in [0.25, 0.3) is 10.9 Å². The topological polar surface area (TPSA) is 63.8 Å². The minimum atomic E-state index is 0.515. The molecule has 2 aromatic heterocycles. The summed E-state index contributed by atoms with van der Waals surface area (Å²) >= 11 is 0. The molecule has 0 fully saturated rings. The highest BCUT2D eigenvalue weighted by atomic mass is 15.0. The summed E-state index contributed by atoms with van der Waals surface area (Å²) < 4.78 is 0. The maximum absolute atomic E-state index is 5.65. The lowest BCUT2D eigenvalue weighted by molar-refractivity contribution is 1.12. The molecule has 0 unspecified atom stereocenters. The molecule has 0 saturated heterocycles. The van der Waals surface area contributed by atoms with E-state index in [1.807, 2.05) is 30.5 Å². The summed E-state index contributed by atoms with van der Waals surface area (Å²) in [6.07, 6.45) is 1.81. The summed E-state index contributed by atoms with van der Waals surface area (Å²) in [5, 5.41) is 4.40. The summed E-state index contributed by atoms with van der Waals surface area (Å²) in [6.45, 7) is 0.671. The van der Waals surface area contributed by atoms with Crippen LogP contribution in [0.3, 0.4) is 0 Å². The van der Waals surface area contributed by atoms with Crippen molar-refractivity contribution in [3.05, 3.63) is 60.3 Å². The first-order valence-corrected chi connectivity index (χ1v) is 6.12. The van der Waals surface area contributed by atoms with Gasteiger partial charge in [-0.1, -0.05) is 30.3 Å². The number of pyridine rings is 2. The quantitative estimate of drug-likeness (QED) is 0.750. The number of para-hydroxylation sites is 1. The zero-order valence-corrected chi connectivity index (χ0v) is 10.4. The Kier molecular flexibility index (Phi) is 2.98. The van der Waals surface area contributed by atoms with Crippen LogP contribution < -0.4 is 11.1 Å². The van der Waals surface area contributed by atoms with E-state index in [0.717, 1.165) is 22.3 Å². The van der Waals surface area contributed by atoms with Crippen molar-refractivity contribution in [2.45, 2.75) is 6.54 Å². The van der Waals surface area contributed by atoms with Crippen LogP contribution in [-0.2, 0) is 6.54 Å². The van der Waals surface area contributed by atoms with E-state index in [4.69, 9.17) is 5.73 Å². The molecule has 0 spiro atoms. The number of nitrogens with zero attached hydrogens (tertiary/aromatic N) is 2. The van der Waals surface area contributed by atoms with Crippen molar-refractivity contribution in [2.75, 3.05) is 11.1 Å². The molecule has 2 heterocycles. The van der Waals surface area contributed by atoms with Gasteiger partial charge < -0.3 is 11.1 Å². The third kappa shape index (κ3) is 2.47. The molecular formula is C15H14N4. The van der Waals surface area contributed by atoms with Crippen molar-refractivity contribution in [1.29, 1.82) is 0 Å². The Morgan fingerprint density at radius 3 is 2.74 bits per heavy atom. The van der Waals surface area contributed by atoms with Gasteiger partial charge in [-0.15, -0.1) is 0 Å². The van der Waals surface area contributed by atoms with Gasteiger partial charge in [0, 0.05) is 18.1 Å². The number of fused-ring (bicyclic) bond motifs is 1. The van der Waals surface area contributed by atoms with Crippen molar-refractivity contribution >= 4 is 22.5 Å². The molecule has 4 nitrogen and oxygen atoms in total. The molecule has 3 rings (SSSR count). The first-order valence-electron chi connectivity index (χ1n) is 6.12. The fourth-order valence-corrected chi connectivity index (χ4v) is 2.05. The van der Waals surface area contributed by atoms with Crippen LogP contribution in [0.1, 0.15) is 5.56 Å². The van der Waals surface area contributed by atoms with Crippen molar-refractivity contribution in [3.8, 4) is 0 Å². The van der Waals surface area contributed by atoms with Crippen LogP contribution in [0.2, 0.25) is 0 Å². The molecule has 0 aliphatic carbocycles. The normalized spacial score (nSPS) is 10.5. The number of rotatable bonds is 3. The Balaban J connectivity index is 1.86. The average Bonchev–Trinajstić information content (AvgIpc) is 2.45. The van der Waals surface area contributed by atoms with Gasteiger partial charge in [-0.3, -0.25) is 4.98 Å². The average molecular weight is 250 g/mol. The van der Waals surface area contributed by atoms with E-state index in [2.05, 4.69) is 33.5 Å². The first-order chi connectivity index (χ1) is 9.33. The smallest absolute Gasteiger partial charge is 0.128 e. The van der Waals surface area contributed by atoms with Gasteiger partial charge in [0.1, 0.15) is 11.6 Å². The van der Waals surface area contributed by atoms with Crippen LogP contribution >= 0.6 is 0 Å². The number of benzene rings is 1. The lowest BCUT2D eigenvalue weighted by atomic mass is 10.1. The highest BCUT2D eigenvalue weighted by Gasteiger charge is 2.02. The van der Waals surface area contributed by atoms with Gasteiger partial charge in [0.15, 0.2) is 0 Å². The molecule has 0 aliphatic heterocycles. The van der Waals surface area contributed by atoms with E-state index in [9.17, 15) is 0 Å². The van der Waals surface area contributed by atoms with E-state index in [-0.39, 0.29) is 0 Å². The Morgan fingerprint density at radius 2 is 1.84 bits per heavy atom. The monoisotopic (exact) mass is 250 g/mol. The molecule has 94 valence electrons. The Morgan fingerprint density at radius 1 is 1.00 bits per heavy atom. The maximum Gasteiger partial charge on any atom is 0.128 e. The predicted molar refractivity (Wildman–Crippen MR) is 77.7 cm³/mol. The molecule has 0 radical (unpaired) electrons. The molecule has 3 N–H and O–H groups in total. The minimum Gasteiger partial charge on any atom is -0.384 e. The number of nitrogens with two attached hydrogens (primary N) is 1. The van der Waals surface area contributed by atoms with Crippen molar-refractivity contribution in [1.82, 2.24) is 9.97 Å². The standard InChI is InChI=1S/C15H14N4/c16-13-7-2-8-14(19-13)18-10-12-5-1-4-11-6-3-9-17-15(11)12/h1-9H,10H2,(H3,16,18,19). The highest BCUT2D eigenvalue weighted by Crippen LogP contribution is 2.17. The molecule has 0 aliphatic rings. The fraction of sp³-hybridized carbons (Fsp3) is 0.0667. The van der Waals surface area contributed by atoms with Crippen molar-refractivity contribution in [2.24, 2.45) is 0 Å². The zero-order valence-electron chi connectivity index (χ0n) is 10.4. The fourth-order valence-electron chi connectivity index (χ4n) is 2.05. The molecule has 3 aromatic rings. The summed E-state index contributed by atoms with van der Waals surface area (Å²) in [4.78, 5) is 8.64. The van der Waals surface area contributed by atoms with Gasteiger partial charge in [-0.25, -0.2) is 4.98 Å². The number of nitrogen functional groups attached to an aromatic ring is 1. The van der Waals surface area contributed by atoms with Gasteiger partial charge >= 0.3 is 0 Å². The molecule has 19 heavy (non-hydrogen) atoms. The summed E-state index contributed by atoms with van der Waals surface area (Å²) in [7, 11) is 0. The van der Waals surface area contributed by atoms with E-state index >= 15 is 0 Å². The summed E-state index contributed by atoms with van der Waals surface area (Å²) in [5.74, 6) is 1.29. The van der Waals surface area contributed by atoms with Crippen LogP contribution in [0.15, 0.2) is 54.7 Å². The third-order valence-electron chi connectivity index (χ3n) is 2.95. The zero-order chi connectivity index (χ0) is 13.1. The van der Waals surface area contributed by atoms with Crippen molar-refractivity contribution in [3.63, 3.8) is 0 Å². The molecule has 4 heteroatoms. The Bertz CT molecular complexity index is 704. The second-order valence-corrected chi connectivity index (χ2v) is 4.29. The first kappa shape index (κ1) is 11.5. The van der Waals surface area contributed by atoms with E-state index in [1.165, 1.54) is 0 Å². The summed E-state index contributed by atoms with van der Waals surface area (Å²) in [5.41, 5.74) is 7.81. The SMILES string of the molecule is Nc1cccc(NCc2cccc3cccnc23)n1. The molecule has 0 atom stereocenters. The second kappa shape index (κ2) is 4.94. The van der Waals surface area contributed by atoms with Crippen molar-refractivity contribution < 1.29 is 0 Å². The molecule has 0 amide bonds. The number of nitrogens with one attached hydrogen (secondary N) is 1. The number of hydrogen-bond donors (Lipinski definition) is 2. The molecular weight excluding hydrogens is 236 g/mol. The Labute approximate surface area is 111 Å². The molecule has 1 aromatic carbocycles. The maximum atomic E-state index is 5.65. The lowest BCUT2D eigenvalue weighted by Gasteiger charge is -2.08. The number of anilines is 2. The lowest BCUT2D eigenvalue weighted by Crippen LogP contribution is -2.03. The second-order valence-electron chi connectivity index (χ2n) is 4.29. The van der Waals surface area contributed by atoms with E-state index in [0.29, 0.717) is 12.4 Å². The number of hydrogen-bond acceptors (Lipinski definition) is 4. The Hall–Kier alpha value is -2.62. The predicted octanol–water partition coefficient (Wildman–Crippen LogP) is 2.82. The van der Waals surface area contributed by atoms with Gasteiger partial charge in [0.2, 0.25) is 0 Å². The highest BCUT2D eigenvalue weighted by molar-refractivity contribution is 5.81. The third-order valence-corrected chi connectivity index (χ3v) is 2.95. The van der Waals surface area contributed by atoms with E-state index in [1.54, 1.807) is 6.07 Å². The van der Waals surface area contributed by atoms with Gasteiger partial charge in [0.05, 0.1) is 5.52 Å². The van der Waals surface area contributed by atoms with Gasteiger partial charge in [-0.05, 0) is 23.8 Å². The van der Waals surface area contributed by atoms with E-state index < -0.39 is 0 Å². The molecule has 0 bridgehead atoms. The van der Waals surface area contributed by atoms with Crippen LogP contribution in [0.5, 0.6) is 0 Å². The van der Waals surface area contributed by atoms with Crippen LogP contribution in [0.4, 0.5) is 11.6 Å². The molecule has 0 saturated carbocycles.